The Hall–Kier alpha value is -5.05. The number of ether oxygens (including phenoxy) is 2. The first kappa shape index (κ1) is 26.0. The highest BCUT2D eigenvalue weighted by molar-refractivity contribution is 6.06. The zero-order chi connectivity index (χ0) is 27.8. The molecule has 2 aromatic carbocycles. The molecule has 12 heteroatoms. The van der Waals surface area contributed by atoms with Gasteiger partial charge in [0.15, 0.2) is 5.43 Å². The number of hydrogen-bond donors (Lipinski definition) is 1. The fourth-order valence-corrected chi connectivity index (χ4v) is 4.20. The van der Waals surface area contributed by atoms with Crippen molar-refractivity contribution in [2.45, 2.75) is 12.1 Å². The predicted octanol–water partition coefficient (Wildman–Crippen LogP) is 3.71. The van der Waals surface area contributed by atoms with E-state index in [1.54, 1.807) is 30.3 Å². The van der Waals surface area contributed by atoms with Gasteiger partial charge in [-0.25, -0.2) is 9.59 Å². The molecule has 2 N–H and O–H groups in total. The Kier molecular flexibility index (Phi) is 6.70. The van der Waals surface area contributed by atoms with Gasteiger partial charge in [-0.2, -0.15) is 18.4 Å². The molecule has 1 unspecified atom stereocenters. The van der Waals surface area contributed by atoms with Gasteiger partial charge in [-0.15, -0.1) is 0 Å². The third kappa shape index (κ3) is 4.34. The number of benzene rings is 2. The predicted molar refractivity (Wildman–Crippen MR) is 127 cm³/mol. The minimum absolute atomic E-state index is 0.0249. The molecule has 0 fully saturated rings. The average Bonchev–Trinajstić information content (AvgIpc) is 2.91. The van der Waals surface area contributed by atoms with E-state index in [0.29, 0.717) is 11.6 Å². The number of nitriles is 1. The van der Waals surface area contributed by atoms with Crippen molar-refractivity contribution in [3.8, 4) is 6.07 Å². The van der Waals surface area contributed by atoms with Crippen LogP contribution in [0.5, 0.6) is 0 Å². The molecule has 1 aromatic heterocycles. The molecular weight excluding hydrogens is 507 g/mol. The molecule has 0 saturated heterocycles. The lowest BCUT2D eigenvalue weighted by Crippen LogP contribution is -2.40. The van der Waals surface area contributed by atoms with E-state index < -0.39 is 40.9 Å². The molecule has 0 aliphatic carbocycles. The lowest BCUT2D eigenvalue weighted by molar-refractivity contribution is -0.153. The van der Waals surface area contributed by atoms with Crippen LogP contribution in [0.25, 0.3) is 11.0 Å². The summed E-state index contributed by atoms with van der Waals surface area (Å²) >= 11 is 0. The third-order valence-electron chi connectivity index (χ3n) is 5.86. The summed E-state index contributed by atoms with van der Waals surface area (Å²) in [6.45, 7) is 0. The van der Waals surface area contributed by atoms with Crippen LogP contribution in [-0.2, 0) is 25.2 Å². The maximum atomic E-state index is 13.1. The van der Waals surface area contributed by atoms with E-state index in [9.17, 15) is 32.8 Å². The summed E-state index contributed by atoms with van der Waals surface area (Å²) in [5, 5.41) is 9.79. The number of allylic oxidation sites excluding steroid dienone is 1. The first-order chi connectivity index (χ1) is 18.0. The van der Waals surface area contributed by atoms with Crippen LogP contribution in [-0.4, -0.2) is 26.2 Å². The largest absolute Gasteiger partial charge is 0.466 e. The number of anilines is 1. The lowest BCUT2D eigenvalue weighted by atomic mass is 9.81. The van der Waals surface area contributed by atoms with Crippen LogP contribution in [0.15, 0.2) is 86.5 Å². The van der Waals surface area contributed by atoms with Crippen LogP contribution in [0, 0.1) is 11.3 Å². The van der Waals surface area contributed by atoms with Crippen molar-refractivity contribution in [1.82, 2.24) is 0 Å². The van der Waals surface area contributed by atoms with Crippen LogP contribution in [0.4, 0.5) is 18.9 Å². The number of rotatable bonds is 4. The van der Waals surface area contributed by atoms with E-state index in [1.807, 2.05) is 6.07 Å². The summed E-state index contributed by atoms with van der Waals surface area (Å²) in [5.41, 5.74) is 4.62. The number of carbonyl (C=O) groups is 2. The zero-order valence-corrected chi connectivity index (χ0v) is 19.8. The Labute approximate surface area is 212 Å². The second kappa shape index (κ2) is 9.78. The van der Waals surface area contributed by atoms with E-state index in [2.05, 4.69) is 0 Å². The van der Waals surface area contributed by atoms with Crippen LogP contribution in [0.3, 0.4) is 0 Å². The molecule has 0 bridgehead atoms. The van der Waals surface area contributed by atoms with Crippen molar-refractivity contribution in [3.63, 3.8) is 0 Å². The maximum absolute atomic E-state index is 13.1. The number of methoxy groups -OCH3 is 2. The minimum atomic E-state index is -4.89. The molecule has 0 saturated carbocycles. The second-order valence-electron chi connectivity index (χ2n) is 7.99. The van der Waals surface area contributed by atoms with E-state index in [0.717, 1.165) is 31.3 Å². The summed E-state index contributed by atoms with van der Waals surface area (Å²) in [6.07, 6.45) is -4.89. The number of fused-ring (bicyclic) bond motifs is 1. The first-order valence-electron chi connectivity index (χ1n) is 10.8. The summed E-state index contributed by atoms with van der Waals surface area (Å²) in [5.74, 6) is -4.85. The van der Waals surface area contributed by atoms with Gasteiger partial charge in [0.25, 0.3) is 0 Å². The van der Waals surface area contributed by atoms with Crippen molar-refractivity contribution in [2.75, 3.05) is 19.1 Å². The first-order valence-corrected chi connectivity index (χ1v) is 10.8. The highest BCUT2D eigenvalue weighted by atomic mass is 19.4. The van der Waals surface area contributed by atoms with Crippen LogP contribution < -0.4 is 16.1 Å². The monoisotopic (exact) mass is 525 g/mol. The Bertz CT molecular complexity index is 1620. The molecule has 9 nitrogen and oxygen atoms in total. The molecule has 4 rings (SSSR count). The molecule has 2 heterocycles. The zero-order valence-electron chi connectivity index (χ0n) is 19.8. The summed E-state index contributed by atoms with van der Waals surface area (Å²) in [4.78, 5) is 39.7. The van der Waals surface area contributed by atoms with Gasteiger partial charge in [-0.1, -0.05) is 30.3 Å². The van der Waals surface area contributed by atoms with Crippen molar-refractivity contribution in [3.05, 3.63) is 98.8 Å². The van der Waals surface area contributed by atoms with Gasteiger partial charge in [-0.05, 0) is 23.8 Å². The molecule has 0 amide bonds. The van der Waals surface area contributed by atoms with Gasteiger partial charge in [0.1, 0.15) is 17.1 Å². The Morgan fingerprint density at radius 1 is 1.05 bits per heavy atom. The average molecular weight is 525 g/mol. The molecule has 1 aliphatic rings. The van der Waals surface area contributed by atoms with E-state index in [4.69, 9.17) is 19.6 Å². The lowest BCUT2D eigenvalue weighted by Gasteiger charge is -2.35. The molecular formula is C26H18F3N3O6. The summed E-state index contributed by atoms with van der Waals surface area (Å²) in [7, 11) is 2.15. The topological polar surface area (TPSA) is 136 Å². The van der Waals surface area contributed by atoms with E-state index >= 15 is 0 Å². The molecule has 0 spiro atoms. The molecule has 3 aromatic rings. The highest BCUT2D eigenvalue weighted by Crippen LogP contribution is 2.43. The number of hydrogen-bond acceptors (Lipinski definition) is 9. The number of alkyl halides is 3. The quantitative estimate of drug-likeness (QED) is 0.506. The van der Waals surface area contributed by atoms with Gasteiger partial charge in [0.2, 0.25) is 5.76 Å². The molecule has 1 aliphatic heterocycles. The van der Waals surface area contributed by atoms with Gasteiger partial charge in [0.05, 0.1) is 42.7 Å². The van der Waals surface area contributed by atoms with Gasteiger partial charge >= 0.3 is 18.1 Å². The number of carbonyl (C=O) groups excluding carboxylic acids is 2. The highest BCUT2D eigenvalue weighted by Gasteiger charge is 2.43. The SMILES string of the molecule is COC(=O)C1=C(C(=O)OC)N(c2ccc3oc(C(F)(F)F)cc(=O)c3c2)C(N)=C(C#N)C1c1ccccc1. The van der Waals surface area contributed by atoms with Crippen molar-refractivity contribution >= 4 is 28.6 Å². The summed E-state index contributed by atoms with van der Waals surface area (Å²) < 4.78 is 54.0. The standard InChI is InChI=1S/C26H18F3N3O6/c1-36-24(34)21-20(13-6-4-3-5-7-13)16(12-30)23(31)32(22(21)25(35)37-2)14-8-9-18-15(10-14)17(33)11-19(38-18)26(27,28)29/h3-11,20H,31H2,1-2H3. The maximum Gasteiger partial charge on any atom is 0.449 e. The number of nitrogens with two attached hydrogens (primary N) is 1. The molecule has 0 radical (unpaired) electrons. The van der Waals surface area contributed by atoms with Crippen LogP contribution >= 0.6 is 0 Å². The van der Waals surface area contributed by atoms with E-state index in [1.165, 1.54) is 6.07 Å². The van der Waals surface area contributed by atoms with Crippen molar-refractivity contribution < 1.29 is 36.7 Å². The van der Waals surface area contributed by atoms with Crippen LogP contribution in [0.2, 0.25) is 0 Å². The van der Waals surface area contributed by atoms with Crippen molar-refractivity contribution in [1.29, 1.82) is 5.26 Å². The number of nitrogens with zero attached hydrogens (tertiary/aromatic N) is 2. The normalized spacial score (nSPS) is 15.9. The molecule has 1 atom stereocenters. The number of esters is 2. The molecule has 194 valence electrons. The third-order valence-corrected chi connectivity index (χ3v) is 5.86. The smallest absolute Gasteiger partial charge is 0.449 e. The Morgan fingerprint density at radius 2 is 1.71 bits per heavy atom. The second-order valence-corrected chi connectivity index (χ2v) is 7.99. The van der Waals surface area contributed by atoms with Crippen molar-refractivity contribution in [2.24, 2.45) is 5.73 Å². The van der Waals surface area contributed by atoms with E-state index in [-0.39, 0.29) is 33.6 Å². The fraction of sp³-hybridized carbons (Fsp3) is 0.154. The van der Waals surface area contributed by atoms with Gasteiger partial charge in [-0.3, -0.25) is 9.69 Å². The summed E-state index contributed by atoms with van der Waals surface area (Å²) in [6, 6.07) is 14.0. The minimum Gasteiger partial charge on any atom is -0.466 e. The molecule has 38 heavy (non-hydrogen) atoms. The van der Waals surface area contributed by atoms with Gasteiger partial charge in [0, 0.05) is 11.8 Å². The Balaban J connectivity index is 2.05. The van der Waals surface area contributed by atoms with Crippen LogP contribution in [0.1, 0.15) is 17.2 Å². The fourth-order valence-electron chi connectivity index (χ4n) is 4.20. The van der Waals surface area contributed by atoms with Gasteiger partial charge < -0.3 is 19.6 Å². The Morgan fingerprint density at radius 3 is 2.29 bits per heavy atom. The number of halogens is 3.